The summed E-state index contributed by atoms with van der Waals surface area (Å²) in [5.41, 5.74) is 6.00. The highest BCUT2D eigenvalue weighted by molar-refractivity contribution is 5.97. The van der Waals surface area contributed by atoms with Crippen molar-refractivity contribution in [2.45, 2.75) is 44.9 Å². The van der Waals surface area contributed by atoms with E-state index in [0.717, 1.165) is 56.4 Å². The number of piperidine rings is 1. The number of benzene rings is 2. The summed E-state index contributed by atoms with van der Waals surface area (Å²) in [6.45, 7) is 4.00. The van der Waals surface area contributed by atoms with Crippen molar-refractivity contribution >= 4 is 28.6 Å². The molecule has 0 amide bonds. The van der Waals surface area contributed by atoms with Crippen molar-refractivity contribution in [1.29, 1.82) is 0 Å². The van der Waals surface area contributed by atoms with E-state index in [1.807, 2.05) is 18.2 Å². The summed E-state index contributed by atoms with van der Waals surface area (Å²) in [6.07, 6.45) is 6.85. The van der Waals surface area contributed by atoms with Crippen LogP contribution in [0.5, 0.6) is 0 Å². The van der Waals surface area contributed by atoms with Crippen molar-refractivity contribution in [1.82, 2.24) is 20.3 Å². The number of esters is 1. The van der Waals surface area contributed by atoms with Gasteiger partial charge in [-0.25, -0.2) is 9.78 Å². The standard InChI is InChI=1S/C30H31N5O3/c1-2-38-29(37)24-17-32-28-25(27(24)36)26(22-7-6-18-4-3-5-21(18)16-22)34-30(35-28)33-23-10-8-19(9-11-23)20-12-14-31-15-13-20/h6-11,16-17,20,31H,2-5,12-15H2,1H3,(H2,32,33,34,35,36). The van der Waals surface area contributed by atoms with Crippen LogP contribution in [0, 0.1) is 0 Å². The lowest BCUT2D eigenvalue weighted by atomic mass is 9.90. The zero-order valence-electron chi connectivity index (χ0n) is 21.5. The van der Waals surface area contributed by atoms with Gasteiger partial charge in [0.25, 0.3) is 0 Å². The van der Waals surface area contributed by atoms with E-state index in [4.69, 9.17) is 9.72 Å². The number of hydrogen-bond donors (Lipinski definition) is 3. The molecule has 0 saturated carbocycles. The number of hydrogen-bond acceptors (Lipinski definition) is 7. The van der Waals surface area contributed by atoms with Gasteiger partial charge in [0.1, 0.15) is 11.2 Å². The highest BCUT2D eigenvalue weighted by Gasteiger charge is 2.21. The summed E-state index contributed by atoms with van der Waals surface area (Å²) in [5, 5.41) is 7.01. The summed E-state index contributed by atoms with van der Waals surface area (Å²) >= 11 is 0. The van der Waals surface area contributed by atoms with Gasteiger partial charge in [0.05, 0.1) is 17.7 Å². The van der Waals surface area contributed by atoms with Crippen LogP contribution in [-0.2, 0) is 17.6 Å². The molecule has 6 rings (SSSR count). The maximum atomic E-state index is 13.5. The number of aromatic nitrogens is 3. The van der Waals surface area contributed by atoms with Crippen molar-refractivity contribution in [3.05, 3.63) is 81.1 Å². The van der Waals surface area contributed by atoms with E-state index in [1.54, 1.807) is 6.92 Å². The second kappa shape index (κ2) is 10.4. The Kier molecular flexibility index (Phi) is 6.64. The average Bonchev–Trinajstić information content (AvgIpc) is 3.42. The molecule has 0 bridgehead atoms. The predicted molar refractivity (Wildman–Crippen MR) is 148 cm³/mol. The van der Waals surface area contributed by atoms with Gasteiger partial charge < -0.3 is 20.4 Å². The molecule has 0 radical (unpaired) electrons. The Morgan fingerprint density at radius 2 is 1.84 bits per heavy atom. The van der Waals surface area contributed by atoms with Gasteiger partial charge in [0.15, 0.2) is 0 Å². The largest absolute Gasteiger partial charge is 0.462 e. The number of carbonyl (C=O) groups excluding carboxylic acids is 1. The number of carbonyl (C=O) groups is 1. The van der Waals surface area contributed by atoms with E-state index in [1.165, 1.54) is 22.9 Å². The number of rotatable bonds is 6. The van der Waals surface area contributed by atoms with Crippen LogP contribution >= 0.6 is 0 Å². The molecular weight excluding hydrogens is 478 g/mol. The summed E-state index contributed by atoms with van der Waals surface area (Å²) in [7, 11) is 0. The van der Waals surface area contributed by atoms with Gasteiger partial charge in [-0.3, -0.25) is 4.79 Å². The Bertz CT molecular complexity index is 1560. The average molecular weight is 510 g/mol. The van der Waals surface area contributed by atoms with Crippen LogP contribution in [-0.4, -0.2) is 40.6 Å². The van der Waals surface area contributed by atoms with Crippen LogP contribution in [0.2, 0.25) is 0 Å². The lowest BCUT2D eigenvalue weighted by Gasteiger charge is -2.23. The normalized spacial score (nSPS) is 15.4. The molecule has 0 unspecified atom stereocenters. The van der Waals surface area contributed by atoms with Crippen molar-refractivity contribution < 1.29 is 9.53 Å². The van der Waals surface area contributed by atoms with Gasteiger partial charge in [-0.15, -0.1) is 0 Å². The van der Waals surface area contributed by atoms with Crippen LogP contribution in [0.3, 0.4) is 0 Å². The second-order valence-electron chi connectivity index (χ2n) is 9.98. The summed E-state index contributed by atoms with van der Waals surface area (Å²) in [4.78, 5) is 38.4. The quantitative estimate of drug-likeness (QED) is 0.319. The highest BCUT2D eigenvalue weighted by atomic mass is 16.5. The van der Waals surface area contributed by atoms with E-state index < -0.39 is 11.4 Å². The lowest BCUT2D eigenvalue weighted by Crippen LogP contribution is -2.26. The fraction of sp³-hybridized carbons (Fsp3) is 0.333. The Balaban J connectivity index is 1.41. The molecule has 1 aliphatic carbocycles. The predicted octanol–water partition coefficient (Wildman–Crippen LogP) is 4.86. The topological polar surface area (TPSA) is 109 Å². The number of pyridine rings is 1. The van der Waals surface area contributed by atoms with Gasteiger partial charge in [-0.05, 0) is 92.9 Å². The van der Waals surface area contributed by atoms with E-state index in [2.05, 4.69) is 44.9 Å². The third-order valence-corrected chi connectivity index (χ3v) is 7.58. The number of anilines is 2. The van der Waals surface area contributed by atoms with Crippen LogP contribution in [0.15, 0.2) is 53.5 Å². The first-order valence-corrected chi connectivity index (χ1v) is 13.4. The van der Waals surface area contributed by atoms with Crippen LogP contribution < -0.4 is 16.1 Å². The lowest BCUT2D eigenvalue weighted by molar-refractivity contribution is 0.0524. The molecule has 1 saturated heterocycles. The number of nitrogens with zero attached hydrogens (tertiary/aromatic N) is 2. The number of aryl methyl sites for hydroxylation is 2. The van der Waals surface area contributed by atoms with E-state index in [-0.39, 0.29) is 17.6 Å². The fourth-order valence-electron chi connectivity index (χ4n) is 5.59. The first-order chi connectivity index (χ1) is 18.6. The van der Waals surface area contributed by atoms with Gasteiger partial charge in [-0.1, -0.05) is 24.3 Å². The summed E-state index contributed by atoms with van der Waals surface area (Å²) in [6, 6.07) is 14.6. The molecule has 38 heavy (non-hydrogen) atoms. The molecular formula is C30H31N5O3. The van der Waals surface area contributed by atoms with E-state index in [0.29, 0.717) is 23.2 Å². The van der Waals surface area contributed by atoms with Gasteiger partial charge in [0, 0.05) is 17.4 Å². The number of H-pyrrole nitrogens is 1. The van der Waals surface area contributed by atoms with Crippen LogP contribution in [0.4, 0.5) is 11.6 Å². The molecule has 3 heterocycles. The molecule has 2 aromatic heterocycles. The number of nitrogens with one attached hydrogen (secondary N) is 3. The molecule has 3 N–H and O–H groups in total. The van der Waals surface area contributed by atoms with Gasteiger partial charge in [0.2, 0.25) is 11.4 Å². The maximum absolute atomic E-state index is 13.5. The highest BCUT2D eigenvalue weighted by Crippen LogP contribution is 2.31. The number of fused-ring (bicyclic) bond motifs is 2. The molecule has 194 valence electrons. The van der Waals surface area contributed by atoms with Gasteiger partial charge in [-0.2, -0.15) is 4.98 Å². The van der Waals surface area contributed by atoms with Crippen LogP contribution in [0.1, 0.15) is 59.2 Å². The molecule has 2 aromatic carbocycles. The first kappa shape index (κ1) is 24.3. The van der Waals surface area contributed by atoms with E-state index >= 15 is 0 Å². The number of ether oxygens (including phenoxy) is 1. The third kappa shape index (κ3) is 4.67. The number of aromatic amines is 1. The fourth-order valence-corrected chi connectivity index (χ4v) is 5.59. The zero-order chi connectivity index (χ0) is 26.1. The smallest absolute Gasteiger partial charge is 0.343 e. The molecule has 0 atom stereocenters. The minimum Gasteiger partial charge on any atom is -0.462 e. The van der Waals surface area contributed by atoms with Gasteiger partial charge >= 0.3 is 5.97 Å². The van der Waals surface area contributed by atoms with Crippen LogP contribution in [0.25, 0.3) is 22.3 Å². The SMILES string of the molecule is CCOC(=O)c1c[nH]c2nc(Nc3ccc(C4CCNCC4)cc3)nc(-c3ccc4c(c3)CCC4)c2c1=O. The molecule has 1 aliphatic heterocycles. The Hall–Kier alpha value is -4.04. The summed E-state index contributed by atoms with van der Waals surface area (Å²) in [5.74, 6) is 0.293. The van der Waals surface area contributed by atoms with E-state index in [9.17, 15) is 9.59 Å². The minimum atomic E-state index is -0.661. The van der Waals surface area contributed by atoms with Crippen molar-refractivity contribution in [3.63, 3.8) is 0 Å². The Morgan fingerprint density at radius 3 is 2.63 bits per heavy atom. The molecule has 8 heteroatoms. The summed E-state index contributed by atoms with van der Waals surface area (Å²) < 4.78 is 5.10. The Morgan fingerprint density at radius 1 is 1.05 bits per heavy atom. The maximum Gasteiger partial charge on any atom is 0.343 e. The zero-order valence-corrected chi connectivity index (χ0v) is 21.5. The first-order valence-electron chi connectivity index (χ1n) is 13.4. The molecule has 2 aliphatic rings. The molecule has 0 spiro atoms. The van der Waals surface area contributed by atoms with Crippen molar-refractivity contribution in [2.24, 2.45) is 0 Å². The van der Waals surface area contributed by atoms with Crippen molar-refractivity contribution in [3.8, 4) is 11.3 Å². The molecule has 4 aromatic rings. The minimum absolute atomic E-state index is 0.0560. The van der Waals surface area contributed by atoms with Crippen molar-refractivity contribution in [2.75, 3.05) is 25.0 Å². The molecule has 1 fully saturated rings. The third-order valence-electron chi connectivity index (χ3n) is 7.58. The molecule has 8 nitrogen and oxygen atoms in total. The monoisotopic (exact) mass is 509 g/mol. The second-order valence-corrected chi connectivity index (χ2v) is 9.98. The Labute approximate surface area is 220 Å².